The van der Waals surface area contributed by atoms with Crippen LogP contribution in [0.1, 0.15) is 21.7 Å². The molecule has 2 N–H and O–H groups in total. The first kappa shape index (κ1) is 16.8. The summed E-state index contributed by atoms with van der Waals surface area (Å²) in [7, 11) is 0. The number of fused-ring (bicyclic) bond motifs is 3. The maximum atomic E-state index is 12.9. The van der Waals surface area contributed by atoms with Crippen molar-refractivity contribution in [2.24, 2.45) is 0 Å². The van der Waals surface area contributed by atoms with Crippen LogP contribution >= 0.6 is 11.8 Å². The van der Waals surface area contributed by atoms with E-state index in [0.717, 1.165) is 22.4 Å². The zero-order valence-corrected chi connectivity index (χ0v) is 16.0. The summed E-state index contributed by atoms with van der Waals surface area (Å²) in [4.78, 5) is 21.6. The van der Waals surface area contributed by atoms with Gasteiger partial charge >= 0.3 is 0 Å². The number of hydrogen-bond donors (Lipinski definition) is 2. The Kier molecular flexibility index (Phi) is 3.79. The average molecular weight is 392 g/mol. The van der Waals surface area contributed by atoms with Crippen molar-refractivity contribution in [3.63, 3.8) is 0 Å². The molecule has 0 aliphatic rings. The molecule has 1 aromatic carbocycles. The number of rotatable bonds is 5. The van der Waals surface area contributed by atoms with Crippen molar-refractivity contribution in [2.75, 3.05) is 5.75 Å². The van der Waals surface area contributed by atoms with E-state index in [2.05, 4.69) is 30.4 Å². The summed E-state index contributed by atoms with van der Waals surface area (Å²) in [6, 6.07) is 9.73. The lowest BCUT2D eigenvalue weighted by Gasteiger charge is -2.05. The molecule has 5 aromatic rings. The van der Waals surface area contributed by atoms with Gasteiger partial charge in [-0.2, -0.15) is 10.1 Å². The summed E-state index contributed by atoms with van der Waals surface area (Å²) in [6.07, 6.45) is 1.45. The third kappa shape index (κ3) is 2.53. The lowest BCUT2D eigenvalue weighted by atomic mass is 10.2. The third-order valence-electron chi connectivity index (χ3n) is 4.68. The minimum absolute atomic E-state index is 0.0319. The average Bonchev–Trinajstić information content (AvgIpc) is 3.44. The molecule has 28 heavy (non-hydrogen) atoms. The molecular formula is C18H16N8OS. The molecule has 0 fully saturated rings. The van der Waals surface area contributed by atoms with Crippen LogP contribution in [0.5, 0.6) is 0 Å². The molecule has 4 aromatic heterocycles. The van der Waals surface area contributed by atoms with Gasteiger partial charge in [0.1, 0.15) is 6.33 Å². The Bertz CT molecular complexity index is 1310. The van der Waals surface area contributed by atoms with E-state index in [1.54, 1.807) is 0 Å². The summed E-state index contributed by atoms with van der Waals surface area (Å²) in [5, 5.41) is 14.7. The van der Waals surface area contributed by atoms with Crippen LogP contribution in [0.3, 0.4) is 0 Å². The number of para-hydroxylation sites is 2. The summed E-state index contributed by atoms with van der Waals surface area (Å²) in [6.45, 7) is 3.85. The van der Waals surface area contributed by atoms with E-state index in [0.29, 0.717) is 22.4 Å². The van der Waals surface area contributed by atoms with Gasteiger partial charge in [-0.1, -0.05) is 23.9 Å². The summed E-state index contributed by atoms with van der Waals surface area (Å²) in [5.41, 5.74) is 4.28. The standard InChI is InChI=1S/C18H16N8OS/c1-10-7-12(11(2)25(10)16-19-9-20-22-16)15(27)8-28-18-24-23-17-21-13-5-3-4-6-14(13)26(17)18/h3-7,9H,8H2,1-2H3,(H,21,23)(H,19,20,22). The van der Waals surface area contributed by atoms with Gasteiger partial charge in [-0.25, -0.2) is 15.2 Å². The number of aromatic nitrogens is 8. The van der Waals surface area contributed by atoms with Crippen LogP contribution in [-0.2, 0) is 0 Å². The molecule has 0 atom stereocenters. The van der Waals surface area contributed by atoms with Gasteiger partial charge in [-0.15, -0.1) is 5.10 Å². The van der Waals surface area contributed by atoms with E-state index in [1.807, 2.05) is 53.1 Å². The van der Waals surface area contributed by atoms with Crippen molar-refractivity contribution >= 4 is 34.4 Å². The Morgan fingerprint density at radius 3 is 2.89 bits per heavy atom. The number of hydrogen-bond acceptors (Lipinski definition) is 6. The molecule has 0 spiro atoms. The molecule has 0 aliphatic carbocycles. The van der Waals surface area contributed by atoms with Crippen molar-refractivity contribution in [3.05, 3.63) is 53.6 Å². The minimum Gasteiger partial charge on any atom is -0.293 e. The van der Waals surface area contributed by atoms with Crippen LogP contribution < -0.4 is 0 Å². The number of aromatic amines is 2. The first-order valence-electron chi connectivity index (χ1n) is 8.65. The highest BCUT2D eigenvalue weighted by Crippen LogP contribution is 2.25. The molecule has 9 nitrogen and oxygen atoms in total. The number of imidazole rings is 1. The quantitative estimate of drug-likeness (QED) is 0.352. The SMILES string of the molecule is Cc1cc(C(=O)CSc2n[nH]c3nc4ccccc4n23)c(C)n1-c1ncn[nH]1. The second kappa shape index (κ2) is 6.34. The molecule has 0 aliphatic heterocycles. The maximum absolute atomic E-state index is 12.9. The van der Waals surface area contributed by atoms with Crippen LogP contribution in [0.2, 0.25) is 0 Å². The molecule has 0 unspecified atom stereocenters. The molecule has 140 valence electrons. The molecule has 0 saturated heterocycles. The van der Waals surface area contributed by atoms with Crippen molar-refractivity contribution in [2.45, 2.75) is 19.0 Å². The van der Waals surface area contributed by atoms with Crippen molar-refractivity contribution in [1.29, 1.82) is 0 Å². The first-order chi connectivity index (χ1) is 13.6. The molecule has 10 heteroatoms. The van der Waals surface area contributed by atoms with E-state index < -0.39 is 0 Å². The lowest BCUT2D eigenvalue weighted by molar-refractivity contribution is 0.102. The molecule has 0 radical (unpaired) electrons. The van der Waals surface area contributed by atoms with E-state index in [1.165, 1.54) is 18.1 Å². The van der Waals surface area contributed by atoms with Gasteiger partial charge in [0, 0.05) is 17.0 Å². The van der Waals surface area contributed by atoms with Crippen LogP contribution in [0.25, 0.3) is 22.8 Å². The van der Waals surface area contributed by atoms with Crippen molar-refractivity contribution in [3.8, 4) is 5.95 Å². The molecular weight excluding hydrogens is 376 g/mol. The fraction of sp³-hybridized carbons (Fsp3) is 0.167. The lowest BCUT2D eigenvalue weighted by Crippen LogP contribution is -2.07. The molecule has 4 heterocycles. The third-order valence-corrected chi connectivity index (χ3v) is 5.62. The number of thioether (sulfide) groups is 1. The van der Waals surface area contributed by atoms with E-state index in [-0.39, 0.29) is 11.5 Å². The maximum Gasteiger partial charge on any atom is 0.231 e. The Labute approximate surface area is 163 Å². The summed E-state index contributed by atoms with van der Waals surface area (Å²) in [5.74, 6) is 1.57. The predicted molar refractivity (Wildman–Crippen MR) is 105 cm³/mol. The van der Waals surface area contributed by atoms with E-state index in [9.17, 15) is 4.79 Å². The largest absolute Gasteiger partial charge is 0.293 e. The zero-order valence-electron chi connectivity index (χ0n) is 15.2. The number of nitrogens with one attached hydrogen (secondary N) is 2. The number of carbonyl (C=O) groups excluding carboxylic acids is 1. The number of Topliss-reactive ketones (excluding diaryl/α,β-unsaturated/α-hetero) is 1. The Hall–Kier alpha value is -3.40. The van der Waals surface area contributed by atoms with Gasteiger partial charge < -0.3 is 0 Å². The molecule has 5 rings (SSSR count). The Morgan fingerprint density at radius 1 is 1.21 bits per heavy atom. The van der Waals surface area contributed by atoms with Crippen LogP contribution in [0, 0.1) is 13.8 Å². The van der Waals surface area contributed by atoms with Crippen molar-refractivity contribution < 1.29 is 4.79 Å². The summed E-state index contributed by atoms with van der Waals surface area (Å²) < 4.78 is 3.83. The number of ketones is 1. The Morgan fingerprint density at radius 2 is 2.07 bits per heavy atom. The van der Waals surface area contributed by atoms with Crippen LogP contribution in [0.4, 0.5) is 0 Å². The van der Waals surface area contributed by atoms with Gasteiger partial charge in [0.2, 0.25) is 11.7 Å². The van der Waals surface area contributed by atoms with Gasteiger partial charge in [0.05, 0.1) is 16.8 Å². The van der Waals surface area contributed by atoms with Crippen molar-refractivity contribution in [1.82, 2.24) is 39.3 Å². The fourth-order valence-corrected chi connectivity index (χ4v) is 4.26. The van der Waals surface area contributed by atoms with Crippen LogP contribution in [0.15, 0.2) is 41.8 Å². The van der Waals surface area contributed by atoms with Gasteiger partial charge in [0.15, 0.2) is 10.9 Å². The first-order valence-corrected chi connectivity index (χ1v) is 9.64. The highest BCUT2D eigenvalue weighted by atomic mass is 32.2. The molecule has 0 bridgehead atoms. The van der Waals surface area contributed by atoms with Crippen LogP contribution in [-0.4, -0.2) is 50.9 Å². The van der Waals surface area contributed by atoms with Gasteiger partial charge in [0.25, 0.3) is 0 Å². The topological polar surface area (TPSA) is 110 Å². The highest BCUT2D eigenvalue weighted by Gasteiger charge is 2.19. The monoisotopic (exact) mass is 392 g/mol. The van der Waals surface area contributed by atoms with E-state index in [4.69, 9.17) is 0 Å². The van der Waals surface area contributed by atoms with Gasteiger partial charge in [-0.3, -0.25) is 13.8 Å². The predicted octanol–water partition coefficient (Wildman–Crippen LogP) is 2.71. The molecule has 0 saturated carbocycles. The zero-order chi connectivity index (χ0) is 19.3. The summed E-state index contributed by atoms with van der Waals surface area (Å²) >= 11 is 1.39. The number of aryl methyl sites for hydroxylation is 1. The second-order valence-corrected chi connectivity index (χ2v) is 7.35. The number of benzene rings is 1. The highest BCUT2D eigenvalue weighted by molar-refractivity contribution is 7.99. The van der Waals surface area contributed by atoms with E-state index >= 15 is 0 Å². The number of nitrogens with zero attached hydrogens (tertiary/aromatic N) is 6. The Balaban J connectivity index is 1.43. The minimum atomic E-state index is 0.0319. The number of carbonyl (C=O) groups is 1. The normalized spacial score (nSPS) is 11.6. The smallest absolute Gasteiger partial charge is 0.231 e. The van der Waals surface area contributed by atoms with Gasteiger partial charge in [-0.05, 0) is 32.0 Å². The second-order valence-electron chi connectivity index (χ2n) is 6.41. The number of H-pyrrole nitrogens is 2. The molecule has 0 amide bonds. The fourth-order valence-electron chi connectivity index (χ4n) is 3.42.